The number of hydrogen-bond donors (Lipinski definition) is 4. The number of primary amides is 1. The standard InChI is InChI=1S/C41H61N5O9S/c1-27(2)26-54-40(52)55-34-18-17-29(22-30(34)41(3,4)5)23-31(42)38(50)45-32(19-21-56-7)39(51)44-25-35(47)46(20-13-9-12-16-36(48)53-6)33(37(43)49)24-28-14-10-8-11-15-28/h8,10-11,14-15,17-18,22,27,31-33H,9,12-13,16,19-21,23-26,42H2,1-7H3,(H2,43,49)(H,44,51)(H,45,50)/t31-,32+,33-/m0/s1. The molecule has 0 spiro atoms. The Morgan fingerprint density at radius 3 is 2.21 bits per heavy atom. The summed E-state index contributed by atoms with van der Waals surface area (Å²) in [5, 5.41) is 5.40. The predicted molar refractivity (Wildman–Crippen MR) is 217 cm³/mol. The molecule has 0 aromatic heterocycles. The van der Waals surface area contributed by atoms with Crippen LogP contribution in [0.25, 0.3) is 0 Å². The van der Waals surface area contributed by atoms with E-state index >= 15 is 0 Å². The molecule has 3 atom stereocenters. The number of methoxy groups -OCH3 is 1. The maximum absolute atomic E-state index is 13.7. The van der Waals surface area contributed by atoms with E-state index in [1.165, 1.54) is 23.8 Å². The van der Waals surface area contributed by atoms with E-state index in [0.29, 0.717) is 30.8 Å². The lowest BCUT2D eigenvalue weighted by atomic mass is 9.84. The van der Waals surface area contributed by atoms with E-state index in [1.807, 2.05) is 77.3 Å². The third-order valence-electron chi connectivity index (χ3n) is 8.83. The number of esters is 1. The van der Waals surface area contributed by atoms with E-state index in [-0.39, 0.29) is 50.7 Å². The van der Waals surface area contributed by atoms with Crippen LogP contribution in [0, 0.1) is 5.92 Å². The average Bonchev–Trinajstić information content (AvgIpc) is 3.15. The van der Waals surface area contributed by atoms with Crippen molar-refractivity contribution in [2.45, 2.75) is 103 Å². The van der Waals surface area contributed by atoms with Crippen molar-refractivity contribution in [1.82, 2.24) is 15.5 Å². The lowest BCUT2D eigenvalue weighted by Crippen LogP contribution is -2.55. The van der Waals surface area contributed by atoms with Crippen molar-refractivity contribution < 1.29 is 43.0 Å². The average molecular weight is 800 g/mol. The monoisotopic (exact) mass is 799 g/mol. The number of thioether (sulfide) groups is 1. The Morgan fingerprint density at radius 2 is 1.61 bits per heavy atom. The number of unbranched alkanes of at least 4 members (excludes halogenated alkanes) is 2. The number of amides is 4. The normalized spacial score (nSPS) is 12.9. The minimum Gasteiger partial charge on any atom is -0.469 e. The van der Waals surface area contributed by atoms with Crippen LogP contribution in [-0.2, 0) is 51.7 Å². The number of nitrogens with zero attached hydrogens (tertiary/aromatic N) is 1. The van der Waals surface area contributed by atoms with Crippen LogP contribution in [0.2, 0.25) is 0 Å². The van der Waals surface area contributed by atoms with Gasteiger partial charge in [-0.3, -0.25) is 24.0 Å². The highest BCUT2D eigenvalue weighted by atomic mass is 32.2. The highest BCUT2D eigenvalue weighted by molar-refractivity contribution is 7.98. The van der Waals surface area contributed by atoms with Gasteiger partial charge >= 0.3 is 12.1 Å². The van der Waals surface area contributed by atoms with Gasteiger partial charge in [-0.15, -0.1) is 0 Å². The van der Waals surface area contributed by atoms with Gasteiger partial charge in [-0.25, -0.2) is 4.79 Å². The summed E-state index contributed by atoms with van der Waals surface area (Å²) in [6, 6.07) is 11.4. The number of benzene rings is 2. The molecule has 56 heavy (non-hydrogen) atoms. The second kappa shape index (κ2) is 24.1. The van der Waals surface area contributed by atoms with Gasteiger partial charge in [0.15, 0.2) is 0 Å². The third-order valence-corrected chi connectivity index (χ3v) is 9.48. The van der Waals surface area contributed by atoms with Crippen LogP contribution in [0.15, 0.2) is 48.5 Å². The molecular formula is C41H61N5O9S. The Morgan fingerprint density at radius 1 is 0.911 bits per heavy atom. The molecule has 0 aliphatic rings. The van der Waals surface area contributed by atoms with E-state index in [1.54, 1.807) is 12.1 Å². The van der Waals surface area contributed by atoms with Crippen LogP contribution in [0.4, 0.5) is 4.79 Å². The van der Waals surface area contributed by atoms with Crippen LogP contribution < -0.4 is 26.8 Å². The minimum atomic E-state index is -1.03. The number of rotatable bonds is 23. The number of ether oxygens (including phenoxy) is 3. The van der Waals surface area contributed by atoms with Crippen molar-refractivity contribution >= 4 is 47.5 Å². The molecule has 0 aliphatic carbocycles. The van der Waals surface area contributed by atoms with Gasteiger partial charge in [0.1, 0.15) is 17.8 Å². The summed E-state index contributed by atoms with van der Waals surface area (Å²) in [5.41, 5.74) is 14.0. The van der Waals surface area contributed by atoms with E-state index in [0.717, 1.165) is 16.7 Å². The molecule has 0 saturated carbocycles. The first kappa shape index (κ1) is 47.5. The molecule has 0 fully saturated rings. The maximum atomic E-state index is 13.7. The zero-order valence-electron chi connectivity index (χ0n) is 33.9. The van der Waals surface area contributed by atoms with Gasteiger partial charge < -0.3 is 41.2 Å². The molecule has 4 amide bonds. The van der Waals surface area contributed by atoms with Crippen molar-refractivity contribution in [3.8, 4) is 5.75 Å². The molecule has 0 heterocycles. The summed E-state index contributed by atoms with van der Waals surface area (Å²) in [7, 11) is 1.32. The molecule has 310 valence electrons. The van der Waals surface area contributed by atoms with Gasteiger partial charge in [-0.2, -0.15) is 11.8 Å². The molecule has 0 bridgehead atoms. The number of nitrogens with two attached hydrogens (primary N) is 2. The molecule has 6 N–H and O–H groups in total. The van der Waals surface area contributed by atoms with Gasteiger partial charge in [0, 0.05) is 24.9 Å². The van der Waals surface area contributed by atoms with Crippen molar-refractivity contribution in [2.24, 2.45) is 17.4 Å². The smallest absolute Gasteiger partial charge is 0.469 e. The zero-order valence-corrected chi connectivity index (χ0v) is 34.7. The van der Waals surface area contributed by atoms with E-state index in [2.05, 4.69) is 10.6 Å². The molecule has 2 aromatic carbocycles. The molecule has 0 aliphatic heterocycles. The summed E-state index contributed by atoms with van der Waals surface area (Å²) in [6.45, 7) is 9.70. The fraction of sp³-hybridized carbons (Fsp3) is 0.561. The third kappa shape index (κ3) is 17.0. The van der Waals surface area contributed by atoms with Gasteiger partial charge in [0.25, 0.3) is 0 Å². The summed E-state index contributed by atoms with van der Waals surface area (Å²) in [6.07, 6.45) is 3.50. The topological polar surface area (TPSA) is 209 Å². The quantitative estimate of drug-likeness (QED) is 0.0717. The second-order valence-corrected chi connectivity index (χ2v) is 16.1. The molecule has 0 unspecified atom stereocenters. The molecule has 2 rings (SSSR count). The van der Waals surface area contributed by atoms with Crippen LogP contribution in [0.3, 0.4) is 0 Å². The lowest BCUT2D eigenvalue weighted by molar-refractivity contribution is -0.141. The minimum absolute atomic E-state index is 0.132. The Labute approximate surface area is 335 Å². The highest BCUT2D eigenvalue weighted by Gasteiger charge is 2.30. The molecular weight excluding hydrogens is 739 g/mol. The van der Waals surface area contributed by atoms with E-state index < -0.39 is 59.9 Å². The fourth-order valence-corrected chi connectivity index (χ4v) is 6.21. The molecule has 2 aromatic rings. The Balaban J connectivity index is 2.16. The first-order valence-corrected chi connectivity index (χ1v) is 20.4. The second-order valence-electron chi connectivity index (χ2n) is 15.1. The van der Waals surface area contributed by atoms with Crippen molar-refractivity contribution in [3.63, 3.8) is 0 Å². The summed E-state index contributed by atoms with van der Waals surface area (Å²) >= 11 is 1.49. The van der Waals surface area contributed by atoms with Crippen molar-refractivity contribution in [1.29, 1.82) is 0 Å². The van der Waals surface area contributed by atoms with Crippen LogP contribution in [0.1, 0.15) is 83.4 Å². The number of hydrogen-bond acceptors (Lipinski definition) is 11. The number of nitrogens with one attached hydrogen (secondary N) is 2. The Kier molecular flexibility index (Phi) is 20.5. The van der Waals surface area contributed by atoms with Crippen molar-refractivity contribution in [3.05, 3.63) is 65.2 Å². The van der Waals surface area contributed by atoms with Gasteiger partial charge in [-0.1, -0.05) is 83.5 Å². The SMILES string of the molecule is COC(=O)CCCCCN(C(=O)CNC(=O)[C@@H](CCSC)NC(=O)[C@@H](N)Cc1ccc(OC(=O)OCC(C)C)c(C(C)(C)C)c1)[C@@H](Cc1ccccc1)C(N)=O. The summed E-state index contributed by atoms with van der Waals surface area (Å²) in [5.74, 6) is -1.65. The van der Waals surface area contributed by atoms with E-state index in [9.17, 15) is 28.8 Å². The van der Waals surface area contributed by atoms with Crippen LogP contribution in [0.5, 0.6) is 5.75 Å². The van der Waals surface area contributed by atoms with Gasteiger partial charge in [-0.05, 0) is 66.2 Å². The Hall–Kier alpha value is -4.63. The first-order valence-electron chi connectivity index (χ1n) is 19.0. The number of carbonyl (C=O) groups is 6. The maximum Gasteiger partial charge on any atom is 0.513 e. The highest BCUT2D eigenvalue weighted by Crippen LogP contribution is 2.33. The van der Waals surface area contributed by atoms with Crippen LogP contribution in [-0.4, -0.2) is 97.6 Å². The lowest BCUT2D eigenvalue weighted by Gasteiger charge is -2.30. The van der Waals surface area contributed by atoms with Crippen LogP contribution >= 0.6 is 11.8 Å². The molecule has 15 heteroatoms. The van der Waals surface area contributed by atoms with Gasteiger partial charge in [0.05, 0.1) is 26.3 Å². The molecule has 14 nitrogen and oxygen atoms in total. The summed E-state index contributed by atoms with van der Waals surface area (Å²) < 4.78 is 15.4. The molecule has 0 saturated heterocycles. The van der Waals surface area contributed by atoms with Gasteiger partial charge in [0.2, 0.25) is 23.6 Å². The number of carbonyl (C=O) groups excluding carboxylic acids is 6. The van der Waals surface area contributed by atoms with E-state index in [4.69, 9.17) is 25.7 Å². The first-order chi connectivity index (χ1) is 26.5. The molecule has 0 radical (unpaired) electrons. The van der Waals surface area contributed by atoms with Crippen molar-refractivity contribution in [2.75, 3.05) is 38.8 Å². The predicted octanol–water partition coefficient (Wildman–Crippen LogP) is 4.04. The summed E-state index contributed by atoms with van der Waals surface area (Å²) in [4.78, 5) is 78.5. The largest absolute Gasteiger partial charge is 0.513 e. The zero-order chi connectivity index (χ0) is 41.8. The Bertz CT molecular complexity index is 1600. The fourth-order valence-electron chi connectivity index (χ4n) is 5.74.